The van der Waals surface area contributed by atoms with Crippen molar-refractivity contribution in [3.05, 3.63) is 66.7 Å². The van der Waals surface area contributed by atoms with E-state index < -0.39 is 0 Å². The second-order valence-corrected chi connectivity index (χ2v) is 7.58. The number of aromatic amines is 1. The van der Waals surface area contributed by atoms with Crippen molar-refractivity contribution < 1.29 is 6.17 Å². The van der Waals surface area contributed by atoms with Gasteiger partial charge in [0.05, 0.1) is 6.20 Å². The number of carbonyl (C=O) groups is 1. The molecule has 31 heavy (non-hydrogen) atoms. The molecule has 0 aliphatic carbocycles. The standard InChI is InChI=1S/C23H23N7O/c1-29-6-8-30(9-7-29)22-12-17(4-5-24-22)23(31)28-21-11-19-10-16(20-14-26-27-15-20)2-3-18(19)13-25-21/h2-5,10-15H,6-9H2,1H3,(H,26,27)(H,25,28,31)/i1D. The highest BCUT2D eigenvalue weighted by atomic mass is 16.1. The molecule has 1 saturated heterocycles. The van der Waals surface area contributed by atoms with Crippen LogP contribution in [0.4, 0.5) is 11.6 Å². The Labute approximate surface area is 181 Å². The quantitative estimate of drug-likeness (QED) is 0.534. The summed E-state index contributed by atoms with van der Waals surface area (Å²) >= 11 is 0. The predicted octanol–water partition coefficient (Wildman–Crippen LogP) is 3.02. The fourth-order valence-electron chi connectivity index (χ4n) is 3.70. The minimum absolute atomic E-state index is 0.226. The first-order valence-corrected chi connectivity index (χ1v) is 10.1. The van der Waals surface area contributed by atoms with Crippen molar-refractivity contribution in [1.82, 2.24) is 25.1 Å². The summed E-state index contributed by atoms with van der Waals surface area (Å²) < 4.78 is 7.49. The van der Waals surface area contributed by atoms with Crippen molar-refractivity contribution in [3.8, 4) is 11.1 Å². The van der Waals surface area contributed by atoms with Gasteiger partial charge in [-0.05, 0) is 42.2 Å². The van der Waals surface area contributed by atoms with Gasteiger partial charge in [0.25, 0.3) is 5.91 Å². The first-order chi connectivity index (χ1) is 15.7. The van der Waals surface area contributed by atoms with Crippen LogP contribution in [-0.4, -0.2) is 64.2 Å². The van der Waals surface area contributed by atoms with Gasteiger partial charge in [-0.1, -0.05) is 12.1 Å². The summed E-state index contributed by atoms with van der Waals surface area (Å²) in [5.74, 6) is 1.05. The van der Waals surface area contributed by atoms with Crippen LogP contribution < -0.4 is 10.2 Å². The van der Waals surface area contributed by atoms with Gasteiger partial charge in [-0.15, -0.1) is 0 Å². The van der Waals surface area contributed by atoms with Crippen molar-refractivity contribution in [2.45, 2.75) is 0 Å². The van der Waals surface area contributed by atoms with E-state index >= 15 is 0 Å². The Morgan fingerprint density at radius 1 is 1.03 bits per heavy atom. The van der Waals surface area contributed by atoms with Crippen LogP contribution in [0.25, 0.3) is 21.9 Å². The largest absolute Gasteiger partial charge is 0.354 e. The molecule has 3 aromatic heterocycles. The van der Waals surface area contributed by atoms with Gasteiger partial charge >= 0.3 is 0 Å². The van der Waals surface area contributed by atoms with E-state index in [1.54, 1.807) is 24.7 Å². The Bertz CT molecular complexity index is 1240. The Kier molecular flexibility index (Phi) is 4.74. The number of likely N-dealkylation sites (N-methyl/N-ethyl adjacent to an activating group) is 1. The second-order valence-electron chi connectivity index (χ2n) is 7.58. The summed E-state index contributed by atoms with van der Waals surface area (Å²) in [7, 11) is 0.312. The molecule has 2 N–H and O–H groups in total. The molecule has 1 aliphatic rings. The molecular weight excluding hydrogens is 390 g/mol. The topological polar surface area (TPSA) is 90.0 Å². The number of pyridine rings is 2. The van der Waals surface area contributed by atoms with Gasteiger partial charge in [-0.2, -0.15) is 5.10 Å². The second kappa shape index (κ2) is 8.16. The molecule has 0 spiro atoms. The van der Waals surface area contributed by atoms with Gasteiger partial charge in [0.2, 0.25) is 0 Å². The van der Waals surface area contributed by atoms with E-state index in [0.29, 0.717) is 18.4 Å². The number of benzene rings is 1. The lowest BCUT2D eigenvalue weighted by Crippen LogP contribution is -2.44. The molecule has 0 bridgehead atoms. The summed E-state index contributed by atoms with van der Waals surface area (Å²) in [5, 5.41) is 11.7. The van der Waals surface area contributed by atoms with Gasteiger partial charge in [0.15, 0.2) is 0 Å². The van der Waals surface area contributed by atoms with E-state index in [1.807, 2.05) is 30.5 Å². The van der Waals surface area contributed by atoms with Crippen molar-refractivity contribution in [1.29, 1.82) is 0 Å². The molecule has 1 aromatic carbocycles. The fraction of sp³-hybridized carbons (Fsp3) is 0.217. The zero-order valence-corrected chi connectivity index (χ0v) is 17.0. The lowest BCUT2D eigenvalue weighted by molar-refractivity contribution is 0.102. The Morgan fingerprint density at radius 3 is 2.74 bits per heavy atom. The number of fused-ring (bicyclic) bond motifs is 1. The van der Waals surface area contributed by atoms with E-state index in [9.17, 15) is 4.79 Å². The highest BCUT2D eigenvalue weighted by Gasteiger charge is 2.17. The molecule has 0 radical (unpaired) electrons. The van der Waals surface area contributed by atoms with Crippen LogP contribution in [0.1, 0.15) is 11.7 Å². The lowest BCUT2D eigenvalue weighted by Gasteiger charge is -2.33. The SMILES string of the molecule is [2H]CN1CCN(c2cc(C(=O)Nc3cc4cc(-c5cn[nH]c5)ccc4cn3)ccn2)CC1. The molecule has 0 atom stereocenters. The van der Waals surface area contributed by atoms with Crippen molar-refractivity contribution in [3.63, 3.8) is 0 Å². The number of piperazine rings is 1. The van der Waals surface area contributed by atoms with Crippen LogP contribution in [0.2, 0.25) is 0 Å². The number of hydrogen-bond acceptors (Lipinski definition) is 6. The average molecular weight is 414 g/mol. The van der Waals surface area contributed by atoms with Crippen LogP contribution in [0.5, 0.6) is 0 Å². The fourth-order valence-corrected chi connectivity index (χ4v) is 3.70. The molecule has 8 heteroatoms. The van der Waals surface area contributed by atoms with Crippen molar-refractivity contribution in [2.24, 2.45) is 0 Å². The molecule has 4 aromatic rings. The monoisotopic (exact) mass is 414 g/mol. The summed E-state index contributed by atoms with van der Waals surface area (Å²) in [4.78, 5) is 26.0. The first kappa shape index (κ1) is 18.0. The Hall–Kier alpha value is -3.78. The van der Waals surface area contributed by atoms with Gasteiger partial charge in [-0.3, -0.25) is 9.89 Å². The minimum Gasteiger partial charge on any atom is -0.354 e. The van der Waals surface area contributed by atoms with Gasteiger partial charge in [-0.25, -0.2) is 9.97 Å². The first-order valence-electron chi connectivity index (χ1n) is 10.8. The molecular formula is C23H23N7O. The number of carbonyl (C=O) groups excluding carboxylic acids is 1. The number of hydrogen-bond donors (Lipinski definition) is 2. The number of nitrogens with zero attached hydrogens (tertiary/aromatic N) is 5. The number of H-pyrrole nitrogens is 1. The zero-order valence-electron chi connectivity index (χ0n) is 18.0. The number of amides is 1. The van der Waals surface area contributed by atoms with Crippen LogP contribution in [-0.2, 0) is 0 Å². The smallest absolute Gasteiger partial charge is 0.257 e. The van der Waals surface area contributed by atoms with Crippen LogP contribution in [0.15, 0.2) is 61.2 Å². The van der Waals surface area contributed by atoms with Crippen LogP contribution in [0, 0.1) is 0 Å². The molecule has 0 saturated carbocycles. The van der Waals surface area contributed by atoms with Gasteiger partial charge in [0, 0.05) is 62.7 Å². The maximum atomic E-state index is 12.9. The van der Waals surface area contributed by atoms with E-state index in [2.05, 4.69) is 41.3 Å². The number of nitrogens with one attached hydrogen (secondary N) is 2. The van der Waals surface area contributed by atoms with Crippen LogP contribution >= 0.6 is 0 Å². The number of rotatable bonds is 4. The van der Waals surface area contributed by atoms with Gasteiger partial charge < -0.3 is 15.1 Å². The van der Waals surface area contributed by atoms with E-state index in [0.717, 1.165) is 53.9 Å². The summed E-state index contributed by atoms with van der Waals surface area (Å²) in [5.41, 5.74) is 2.58. The number of aromatic nitrogens is 4. The maximum Gasteiger partial charge on any atom is 0.257 e. The van der Waals surface area contributed by atoms with E-state index in [-0.39, 0.29) is 5.91 Å². The lowest BCUT2D eigenvalue weighted by atomic mass is 10.1. The van der Waals surface area contributed by atoms with E-state index in [4.69, 9.17) is 1.37 Å². The molecule has 156 valence electrons. The molecule has 1 amide bonds. The van der Waals surface area contributed by atoms with Crippen molar-refractivity contribution in [2.75, 3.05) is 43.4 Å². The Morgan fingerprint density at radius 2 is 1.94 bits per heavy atom. The predicted molar refractivity (Wildman–Crippen MR) is 121 cm³/mol. The molecule has 1 fully saturated rings. The summed E-state index contributed by atoms with van der Waals surface area (Å²) in [6.07, 6.45) is 7.04. The molecule has 0 unspecified atom stereocenters. The van der Waals surface area contributed by atoms with Crippen LogP contribution in [0.3, 0.4) is 0 Å². The normalized spacial score (nSPS) is 15.1. The third kappa shape index (κ3) is 4.10. The van der Waals surface area contributed by atoms with E-state index in [1.165, 1.54) is 0 Å². The highest BCUT2D eigenvalue weighted by Crippen LogP contribution is 2.25. The third-order valence-electron chi connectivity index (χ3n) is 5.50. The number of anilines is 2. The zero-order chi connectivity index (χ0) is 21.9. The molecule has 5 rings (SSSR count). The third-order valence-corrected chi connectivity index (χ3v) is 5.50. The van der Waals surface area contributed by atoms with Gasteiger partial charge in [0.1, 0.15) is 11.6 Å². The summed E-state index contributed by atoms with van der Waals surface area (Å²) in [6, 6.07) is 11.5. The summed E-state index contributed by atoms with van der Waals surface area (Å²) in [6.45, 7) is 3.23. The molecule has 8 nitrogen and oxygen atoms in total. The molecule has 1 aliphatic heterocycles. The Balaban J connectivity index is 1.33. The minimum atomic E-state index is -0.226. The highest BCUT2D eigenvalue weighted by molar-refractivity contribution is 6.05. The average Bonchev–Trinajstić information content (AvgIpc) is 3.39. The maximum absolute atomic E-state index is 12.9. The van der Waals surface area contributed by atoms with Crippen molar-refractivity contribution >= 4 is 28.3 Å². The molecule has 4 heterocycles.